The SMILES string of the molecule is Cl.Cl.NC(=O)c1cnc(-c2cccnc2)s1. The molecule has 0 unspecified atom stereocenters. The Labute approximate surface area is 109 Å². The number of hydrogen-bond donors (Lipinski definition) is 1. The van der Waals surface area contributed by atoms with Gasteiger partial charge in [-0.25, -0.2) is 4.98 Å². The van der Waals surface area contributed by atoms with Gasteiger partial charge in [-0.15, -0.1) is 36.2 Å². The highest BCUT2D eigenvalue weighted by Crippen LogP contribution is 2.23. The molecule has 0 fully saturated rings. The van der Waals surface area contributed by atoms with Crippen LogP contribution in [0.3, 0.4) is 0 Å². The molecule has 0 aliphatic rings. The largest absolute Gasteiger partial charge is 0.365 e. The molecule has 2 aromatic heterocycles. The van der Waals surface area contributed by atoms with E-state index in [0.29, 0.717) is 4.88 Å². The molecule has 2 heterocycles. The Morgan fingerprint density at radius 3 is 2.56 bits per heavy atom. The molecule has 0 saturated heterocycles. The Hall–Kier alpha value is -1.17. The minimum atomic E-state index is -0.447. The zero-order chi connectivity index (χ0) is 9.97. The summed E-state index contributed by atoms with van der Waals surface area (Å²) in [5.74, 6) is -0.447. The zero-order valence-electron chi connectivity index (χ0n) is 7.99. The number of nitrogens with two attached hydrogens (primary N) is 1. The second-order valence-electron chi connectivity index (χ2n) is 2.64. The molecule has 0 radical (unpaired) electrons. The van der Waals surface area contributed by atoms with E-state index in [1.54, 1.807) is 12.4 Å². The van der Waals surface area contributed by atoms with Crippen LogP contribution in [-0.4, -0.2) is 15.9 Å². The van der Waals surface area contributed by atoms with Crippen molar-refractivity contribution in [3.8, 4) is 10.6 Å². The summed E-state index contributed by atoms with van der Waals surface area (Å²) in [5.41, 5.74) is 6.01. The molecule has 0 aromatic carbocycles. The van der Waals surface area contributed by atoms with E-state index in [1.165, 1.54) is 17.5 Å². The van der Waals surface area contributed by atoms with Crippen molar-refractivity contribution >= 4 is 42.1 Å². The molecule has 0 atom stereocenters. The van der Waals surface area contributed by atoms with Crippen LogP contribution >= 0.6 is 36.2 Å². The molecule has 4 nitrogen and oxygen atoms in total. The number of primary amides is 1. The van der Waals surface area contributed by atoms with Gasteiger partial charge in [0.1, 0.15) is 9.88 Å². The number of nitrogens with zero attached hydrogens (tertiary/aromatic N) is 2. The van der Waals surface area contributed by atoms with Gasteiger partial charge in [0.15, 0.2) is 0 Å². The van der Waals surface area contributed by atoms with Gasteiger partial charge in [0.2, 0.25) is 0 Å². The summed E-state index contributed by atoms with van der Waals surface area (Å²) >= 11 is 1.27. The van der Waals surface area contributed by atoms with Crippen LogP contribution in [0.2, 0.25) is 0 Å². The Kier molecular flexibility index (Phi) is 5.95. The number of hydrogen-bond acceptors (Lipinski definition) is 4. The first-order valence-electron chi connectivity index (χ1n) is 3.93. The molecule has 0 aliphatic heterocycles. The summed E-state index contributed by atoms with van der Waals surface area (Å²) in [5, 5.41) is 0.756. The number of aromatic nitrogens is 2. The van der Waals surface area contributed by atoms with E-state index in [9.17, 15) is 4.79 Å². The van der Waals surface area contributed by atoms with Crippen molar-refractivity contribution in [1.29, 1.82) is 0 Å². The fourth-order valence-electron chi connectivity index (χ4n) is 1.01. The van der Waals surface area contributed by atoms with Crippen molar-refractivity contribution in [1.82, 2.24) is 9.97 Å². The second kappa shape index (κ2) is 6.42. The Bertz CT molecular complexity index is 461. The van der Waals surface area contributed by atoms with E-state index in [2.05, 4.69) is 9.97 Å². The summed E-state index contributed by atoms with van der Waals surface area (Å²) < 4.78 is 0. The topological polar surface area (TPSA) is 68.9 Å². The molecule has 0 spiro atoms. The Morgan fingerprint density at radius 2 is 2.06 bits per heavy atom. The molecular formula is C9H9Cl2N3OS. The van der Waals surface area contributed by atoms with Crippen molar-refractivity contribution in [3.05, 3.63) is 35.6 Å². The molecule has 2 N–H and O–H groups in total. The average molecular weight is 278 g/mol. The highest BCUT2D eigenvalue weighted by atomic mass is 35.5. The maximum atomic E-state index is 10.8. The summed E-state index contributed by atoms with van der Waals surface area (Å²) in [6.45, 7) is 0. The molecule has 2 aromatic rings. The number of halogens is 2. The average Bonchev–Trinajstić information content (AvgIpc) is 2.68. The fraction of sp³-hybridized carbons (Fsp3) is 0. The molecule has 0 saturated carbocycles. The zero-order valence-corrected chi connectivity index (χ0v) is 10.4. The van der Waals surface area contributed by atoms with Gasteiger partial charge in [0.25, 0.3) is 5.91 Å². The Balaban J connectivity index is 0.00000112. The number of thiazole rings is 1. The molecular weight excluding hydrogens is 269 g/mol. The highest BCUT2D eigenvalue weighted by Gasteiger charge is 2.07. The van der Waals surface area contributed by atoms with Gasteiger partial charge in [0.05, 0.1) is 6.20 Å². The van der Waals surface area contributed by atoms with E-state index in [4.69, 9.17) is 5.73 Å². The molecule has 16 heavy (non-hydrogen) atoms. The van der Waals surface area contributed by atoms with Crippen LogP contribution < -0.4 is 5.73 Å². The van der Waals surface area contributed by atoms with Gasteiger partial charge in [-0.2, -0.15) is 0 Å². The smallest absolute Gasteiger partial charge is 0.260 e. The van der Waals surface area contributed by atoms with Crippen molar-refractivity contribution in [2.24, 2.45) is 5.73 Å². The molecule has 86 valence electrons. The lowest BCUT2D eigenvalue weighted by molar-refractivity contribution is 0.100. The van der Waals surface area contributed by atoms with E-state index >= 15 is 0 Å². The highest BCUT2D eigenvalue weighted by molar-refractivity contribution is 7.16. The van der Waals surface area contributed by atoms with Gasteiger partial charge in [-0.3, -0.25) is 9.78 Å². The van der Waals surface area contributed by atoms with Gasteiger partial charge < -0.3 is 5.73 Å². The van der Waals surface area contributed by atoms with Crippen molar-refractivity contribution in [2.45, 2.75) is 0 Å². The van der Waals surface area contributed by atoms with Crippen molar-refractivity contribution in [3.63, 3.8) is 0 Å². The van der Waals surface area contributed by atoms with Gasteiger partial charge in [-0.1, -0.05) is 0 Å². The second-order valence-corrected chi connectivity index (χ2v) is 3.67. The fourth-order valence-corrected chi connectivity index (χ4v) is 1.77. The number of amides is 1. The normalized spacial score (nSPS) is 8.75. The van der Waals surface area contributed by atoms with Gasteiger partial charge >= 0.3 is 0 Å². The predicted octanol–water partition coefficient (Wildman–Crippen LogP) is 2.15. The lowest BCUT2D eigenvalue weighted by Crippen LogP contribution is -2.08. The summed E-state index contributed by atoms with van der Waals surface area (Å²) in [4.78, 5) is 19.3. The third-order valence-electron chi connectivity index (χ3n) is 1.66. The van der Waals surface area contributed by atoms with E-state index < -0.39 is 5.91 Å². The third kappa shape index (κ3) is 3.16. The lowest BCUT2D eigenvalue weighted by Gasteiger charge is -1.91. The first kappa shape index (κ1) is 14.8. The quantitative estimate of drug-likeness (QED) is 0.915. The summed E-state index contributed by atoms with van der Waals surface area (Å²) in [6, 6.07) is 3.71. The van der Waals surface area contributed by atoms with E-state index in [0.717, 1.165) is 10.6 Å². The number of rotatable bonds is 2. The number of pyridine rings is 1. The molecule has 1 amide bonds. The van der Waals surface area contributed by atoms with Crippen LogP contribution in [0.15, 0.2) is 30.7 Å². The maximum absolute atomic E-state index is 10.8. The van der Waals surface area contributed by atoms with Crippen LogP contribution in [-0.2, 0) is 0 Å². The van der Waals surface area contributed by atoms with Gasteiger partial charge in [-0.05, 0) is 12.1 Å². The first-order chi connectivity index (χ1) is 6.77. The van der Waals surface area contributed by atoms with Crippen LogP contribution in [0.5, 0.6) is 0 Å². The summed E-state index contributed by atoms with van der Waals surface area (Å²) in [6.07, 6.45) is 4.87. The van der Waals surface area contributed by atoms with E-state index in [-0.39, 0.29) is 24.8 Å². The van der Waals surface area contributed by atoms with E-state index in [1.807, 2.05) is 12.1 Å². The number of carbonyl (C=O) groups excluding carboxylic acids is 1. The minimum Gasteiger partial charge on any atom is -0.365 e. The molecule has 0 aliphatic carbocycles. The first-order valence-corrected chi connectivity index (χ1v) is 4.75. The maximum Gasteiger partial charge on any atom is 0.260 e. The van der Waals surface area contributed by atoms with Crippen LogP contribution in [0.4, 0.5) is 0 Å². The van der Waals surface area contributed by atoms with Crippen LogP contribution in [0, 0.1) is 0 Å². The number of carbonyl (C=O) groups is 1. The monoisotopic (exact) mass is 277 g/mol. The molecule has 2 rings (SSSR count). The van der Waals surface area contributed by atoms with Crippen molar-refractivity contribution in [2.75, 3.05) is 0 Å². The summed E-state index contributed by atoms with van der Waals surface area (Å²) in [7, 11) is 0. The van der Waals surface area contributed by atoms with Crippen LogP contribution in [0.1, 0.15) is 9.67 Å². The molecule has 7 heteroatoms. The predicted molar refractivity (Wildman–Crippen MR) is 68.4 cm³/mol. The lowest BCUT2D eigenvalue weighted by atomic mass is 10.3. The van der Waals surface area contributed by atoms with Gasteiger partial charge in [0, 0.05) is 18.0 Å². The standard InChI is InChI=1S/C9H7N3OS.2ClH/c10-8(13)7-5-12-9(14-7)6-2-1-3-11-4-6;;/h1-5H,(H2,10,13);2*1H. The van der Waals surface area contributed by atoms with Crippen LogP contribution in [0.25, 0.3) is 10.6 Å². The Morgan fingerprint density at radius 1 is 1.31 bits per heavy atom. The minimum absolute atomic E-state index is 0. The molecule has 0 bridgehead atoms. The third-order valence-corrected chi connectivity index (χ3v) is 2.72. The van der Waals surface area contributed by atoms with Crippen molar-refractivity contribution < 1.29 is 4.79 Å².